The molecule has 0 bridgehead atoms. The Morgan fingerprint density at radius 2 is 2.11 bits per heavy atom. The summed E-state index contributed by atoms with van der Waals surface area (Å²) in [6, 6.07) is 7.93. The van der Waals surface area contributed by atoms with E-state index >= 15 is 0 Å². The molecule has 0 spiro atoms. The van der Waals surface area contributed by atoms with Crippen molar-refractivity contribution in [2.24, 2.45) is 0 Å². The quantitative estimate of drug-likeness (QED) is 0.299. The van der Waals surface area contributed by atoms with Gasteiger partial charge in [-0.15, -0.1) is 0 Å². The molecule has 0 aliphatic carbocycles. The lowest BCUT2D eigenvalue weighted by atomic mass is 10.1. The molecule has 1 aromatic carbocycles. The Balaban J connectivity index is 1.81. The van der Waals surface area contributed by atoms with Gasteiger partial charge in [-0.1, -0.05) is 12.1 Å². The van der Waals surface area contributed by atoms with Gasteiger partial charge in [0, 0.05) is 17.1 Å². The minimum Gasteiger partial charge on any atom is -0.383 e. The van der Waals surface area contributed by atoms with E-state index in [1.165, 1.54) is 6.33 Å². The van der Waals surface area contributed by atoms with E-state index in [9.17, 15) is 5.11 Å². The Morgan fingerprint density at radius 1 is 1.29 bits per heavy atom. The maximum Gasteiger partial charge on any atom is 0.167 e. The normalized spacial score (nSPS) is 13.0. The molecule has 0 saturated heterocycles. The first-order chi connectivity index (χ1) is 13.5. The third-order valence-electron chi connectivity index (χ3n) is 4.56. The molecule has 3 heterocycles. The van der Waals surface area contributed by atoms with Crippen molar-refractivity contribution in [1.29, 1.82) is 0 Å². The van der Waals surface area contributed by atoms with Crippen molar-refractivity contribution in [3.8, 4) is 11.3 Å². The Hall–Kier alpha value is -3.01. The molecular formula is C19H23N7O2. The van der Waals surface area contributed by atoms with E-state index in [2.05, 4.69) is 20.4 Å². The minimum absolute atomic E-state index is 0.131. The van der Waals surface area contributed by atoms with E-state index in [4.69, 9.17) is 15.7 Å². The maximum atomic E-state index is 10.2. The molecule has 5 N–H and O–H groups in total. The molecule has 0 saturated carbocycles. The second-order valence-corrected chi connectivity index (χ2v) is 6.82. The maximum absolute atomic E-state index is 10.2. The van der Waals surface area contributed by atoms with Crippen LogP contribution in [-0.4, -0.2) is 36.4 Å². The van der Waals surface area contributed by atoms with Gasteiger partial charge in [-0.2, -0.15) is 10.6 Å². The number of nitrogens with zero attached hydrogens (tertiary/aromatic N) is 4. The van der Waals surface area contributed by atoms with Crippen LogP contribution in [0.3, 0.4) is 0 Å². The topological polar surface area (TPSA) is 127 Å². The number of nitrogen functional groups attached to an aromatic ring is 1. The molecule has 0 fully saturated rings. The first-order valence-electron chi connectivity index (χ1n) is 9.16. The number of aliphatic hydroxyl groups is 1. The summed E-state index contributed by atoms with van der Waals surface area (Å²) >= 11 is 0. The van der Waals surface area contributed by atoms with E-state index < -0.39 is 6.23 Å². The molecule has 3 aromatic heterocycles. The number of H-pyrrole nitrogens is 1. The fourth-order valence-electron chi connectivity index (χ4n) is 3.23. The van der Waals surface area contributed by atoms with Crippen molar-refractivity contribution in [1.82, 2.24) is 30.2 Å². The summed E-state index contributed by atoms with van der Waals surface area (Å²) in [6.07, 6.45) is 0.510. The number of nitrogens with two attached hydrogens (primary N) is 1. The van der Waals surface area contributed by atoms with Crippen LogP contribution in [0.4, 0.5) is 5.82 Å². The van der Waals surface area contributed by atoms with Gasteiger partial charge >= 0.3 is 0 Å². The third kappa shape index (κ3) is 3.09. The first kappa shape index (κ1) is 18.4. The lowest BCUT2D eigenvalue weighted by Crippen LogP contribution is -2.21. The summed E-state index contributed by atoms with van der Waals surface area (Å²) in [5.74, 6) is 0.399. The number of hydrogen-bond donors (Lipinski definition) is 4. The molecule has 1 atom stereocenters. The van der Waals surface area contributed by atoms with Crippen LogP contribution in [0.15, 0.2) is 30.6 Å². The molecule has 0 aliphatic heterocycles. The molecular weight excluding hydrogens is 358 g/mol. The zero-order valence-corrected chi connectivity index (χ0v) is 16.0. The average molecular weight is 381 g/mol. The van der Waals surface area contributed by atoms with Crippen molar-refractivity contribution in [3.05, 3.63) is 36.3 Å². The average Bonchev–Trinajstić information content (AvgIpc) is 3.28. The highest BCUT2D eigenvalue weighted by Crippen LogP contribution is 2.33. The van der Waals surface area contributed by atoms with Crippen LogP contribution in [0, 0.1) is 0 Å². The highest BCUT2D eigenvalue weighted by Gasteiger charge is 2.19. The number of aromatic amines is 1. The lowest BCUT2D eigenvalue weighted by Gasteiger charge is -2.09. The van der Waals surface area contributed by atoms with Crippen molar-refractivity contribution >= 4 is 27.8 Å². The van der Waals surface area contributed by atoms with Gasteiger partial charge < -0.3 is 15.8 Å². The molecule has 1 unspecified atom stereocenters. The number of benzene rings is 1. The summed E-state index contributed by atoms with van der Waals surface area (Å²) in [5.41, 5.74) is 12.5. The van der Waals surface area contributed by atoms with Gasteiger partial charge in [0.05, 0.1) is 17.7 Å². The Kier molecular flexibility index (Phi) is 4.71. The fourth-order valence-corrected chi connectivity index (χ4v) is 3.23. The van der Waals surface area contributed by atoms with Crippen LogP contribution in [0.25, 0.3) is 33.2 Å². The predicted molar refractivity (Wildman–Crippen MR) is 107 cm³/mol. The monoisotopic (exact) mass is 381 g/mol. The van der Waals surface area contributed by atoms with Gasteiger partial charge in [0.25, 0.3) is 0 Å². The number of hydroxylamine groups is 1. The molecule has 4 aromatic rings. The van der Waals surface area contributed by atoms with Crippen LogP contribution in [0.5, 0.6) is 0 Å². The smallest absolute Gasteiger partial charge is 0.167 e. The highest BCUT2D eigenvalue weighted by molar-refractivity contribution is 5.99. The molecule has 0 radical (unpaired) electrons. The molecule has 4 rings (SSSR count). The largest absolute Gasteiger partial charge is 0.383 e. The van der Waals surface area contributed by atoms with Crippen molar-refractivity contribution in [3.63, 3.8) is 0 Å². The molecule has 9 heteroatoms. The van der Waals surface area contributed by atoms with E-state index in [1.807, 2.05) is 49.7 Å². The first-order valence-corrected chi connectivity index (χ1v) is 9.16. The van der Waals surface area contributed by atoms with Gasteiger partial charge in [-0.3, -0.25) is 4.84 Å². The van der Waals surface area contributed by atoms with Gasteiger partial charge in [0.1, 0.15) is 17.8 Å². The Morgan fingerprint density at radius 3 is 2.86 bits per heavy atom. The minimum atomic E-state index is -0.944. The molecule has 0 amide bonds. The predicted octanol–water partition coefficient (Wildman–Crippen LogP) is 2.67. The third-order valence-corrected chi connectivity index (χ3v) is 4.56. The lowest BCUT2D eigenvalue weighted by molar-refractivity contribution is -0.0549. The Bertz CT molecular complexity index is 1130. The summed E-state index contributed by atoms with van der Waals surface area (Å²) < 4.78 is 1.85. The SMILES string of the molecule is CCONC(O)c1cc2ccc(-c3nn(C(C)C)c4ncnc(N)c34)cc2[nH]1. The summed E-state index contributed by atoms with van der Waals surface area (Å²) in [6.45, 7) is 6.38. The molecule has 146 valence electrons. The molecule has 28 heavy (non-hydrogen) atoms. The van der Waals surface area contributed by atoms with E-state index in [-0.39, 0.29) is 6.04 Å². The van der Waals surface area contributed by atoms with Crippen LogP contribution in [0.2, 0.25) is 0 Å². The fraction of sp³-hybridized carbons (Fsp3) is 0.316. The van der Waals surface area contributed by atoms with Crippen molar-refractivity contribution < 1.29 is 9.94 Å². The number of hydrogen-bond acceptors (Lipinski definition) is 7. The Labute approximate surface area is 161 Å². The van der Waals surface area contributed by atoms with Crippen molar-refractivity contribution in [2.75, 3.05) is 12.3 Å². The highest BCUT2D eigenvalue weighted by atomic mass is 16.7. The van der Waals surface area contributed by atoms with Crippen LogP contribution < -0.4 is 11.2 Å². The number of nitrogens with one attached hydrogen (secondary N) is 2. The van der Waals surface area contributed by atoms with Crippen LogP contribution in [0.1, 0.15) is 38.7 Å². The molecule has 0 aliphatic rings. The van der Waals surface area contributed by atoms with Crippen molar-refractivity contribution in [2.45, 2.75) is 33.0 Å². The molecule has 9 nitrogen and oxygen atoms in total. The van der Waals surface area contributed by atoms with E-state index in [1.54, 1.807) is 0 Å². The summed E-state index contributed by atoms with van der Waals surface area (Å²) in [7, 11) is 0. The second kappa shape index (κ2) is 7.19. The zero-order valence-electron chi connectivity index (χ0n) is 16.0. The zero-order chi connectivity index (χ0) is 19.8. The number of anilines is 1. The standard InChI is InChI=1S/C19H23N7O2/c1-4-28-25-19(27)14-7-11-5-6-12(8-13(11)23-14)16-15-17(20)21-9-22-18(15)26(24-16)10(2)3/h5-10,19,23,25,27H,4H2,1-3H3,(H2,20,21,22). The van der Waals surface area contributed by atoms with Crippen LogP contribution in [-0.2, 0) is 4.84 Å². The van der Waals surface area contributed by atoms with Gasteiger partial charge in [0.2, 0.25) is 0 Å². The van der Waals surface area contributed by atoms with E-state index in [0.29, 0.717) is 23.8 Å². The number of aromatic nitrogens is 5. The van der Waals surface area contributed by atoms with Gasteiger partial charge in [0.15, 0.2) is 11.9 Å². The van der Waals surface area contributed by atoms with Crippen LogP contribution >= 0.6 is 0 Å². The van der Waals surface area contributed by atoms with E-state index in [0.717, 1.165) is 27.5 Å². The second-order valence-electron chi connectivity index (χ2n) is 6.82. The summed E-state index contributed by atoms with van der Waals surface area (Å²) in [5, 5.41) is 16.6. The number of aliphatic hydroxyl groups excluding tert-OH is 1. The van der Waals surface area contributed by atoms with Gasteiger partial charge in [-0.25, -0.2) is 14.6 Å². The summed E-state index contributed by atoms with van der Waals surface area (Å²) in [4.78, 5) is 16.8. The van der Waals surface area contributed by atoms with Gasteiger partial charge in [-0.05, 0) is 38.3 Å². The number of rotatable bonds is 6. The number of fused-ring (bicyclic) bond motifs is 2.